The predicted molar refractivity (Wildman–Crippen MR) is 113 cm³/mol. The van der Waals surface area contributed by atoms with Gasteiger partial charge >= 0.3 is 6.18 Å². The van der Waals surface area contributed by atoms with Crippen molar-refractivity contribution in [3.63, 3.8) is 0 Å². The zero-order chi connectivity index (χ0) is 23.6. The molecule has 1 aliphatic heterocycles. The summed E-state index contributed by atoms with van der Waals surface area (Å²) in [6, 6.07) is 9.80. The van der Waals surface area contributed by atoms with Gasteiger partial charge in [0.25, 0.3) is 0 Å². The van der Waals surface area contributed by atoms with Gasteiger partial charge in [-0.05, 0) is 48.9 Å². The summed E-state index contributed by atoms with van der Waals surface area (Å²) in [5.74, 6) is 1.19. The Bertz CT molecular complexity index is 1130. The number of hydrogen-bond donors (Lipinski definition) is 0. The molecule has 3 aromatic rings. The minimum atomic E-state index is -4.43. The maximum Gasteiger partial charge on any atom is 0.416 e. The van der Waals surface area contributed by atoms with Gasteiger partial charge < -0.3 is 18.9 Å². The summed E-state index contributed by atoms with van der Waals surface area (Å²) in [6.45, 7) is 2.81. The fourth-order valence-electron chi connectivity index (χ4n) is 3.61. The van der Waals surface area contributed by atoms with E-state index < -0.39 is 11.7 Å². The van der Waals surface area contributed by atoms with E-state index in [0.29, 0.717) is 35.2 Å². The summed E-state index contributed by atoms with van der Waals surface area (Å²) in [7, 11) is 1.54. The van der Waals surface area contributed by atoms with E-state index in [0.717, 1.165) is 18.6 Å². The second-order valence-electron chi connectivity index (χ2n) is 7.62. The van der Waals surface area contributed by atoms with Crippen LogP contribution in [0.3, 0.4) is 0 Å². The van der Waals surface area contributed by atoms with E-state index >= 15 is 0 Å². The molecule has 0 spiro atoms. The van der Waals surface area contributed by atoms with Crippen molar-refractivity contribution in [2.75, 3.05) is 25.2 Å². The molecule has 33 heavy (non-hydrogen) atoms. The van der Waals surface area contributed by atoms with Gasteiger partial charge in [0.2, 0.25) is 17.6 Å². The van der Waals surface area contributed by atoms with Crippen molar-refractivity contribution >= 4 is 11.6 Å². The van der Waals surface area contributed by atoms with Gasteiger partial charge in [-0.25, -0.2) is 0 Å². The molecule has 1 amide bonds. The minimum Gasteiger partial charge on any atom is -0.493 e. The summed E-state index contributed by atoms with van der Waals surface area (Å²) in [4.78, 5) is 18.4. The van der Waals surface area contributed by atoms with Crippen LogP contribution in [0.1, 0.15) is 37.1 Å². The van der Waals surface area contributed by atoms with E-state index in [9.17, 15) is 18.0 Å². The maximum atomic E-state index is 12.8. The molecule has 0 radical (unpaired) electrons. The number of amides is 1. The number of anilines is 1. The second kappa shape index (κ2) is 9.13. The molecule has 7 nitrogen and oxygen atoms in total. The third-order valence-electron chi connectivity index (χ3n) is 5.31. The van der Waals surface area contributed by atoms with Crippen LogP contribution < -0.4 is 14.4 Å². The summed E-state index contributed by atoms with van der Waals surface area (Å²) in [5, 5.41) is 4.02. The molecule has 0 bridgehead atoms. The number of benzene rings is 2. The van der Waals surface area contributed by atoms with E-state index in [-0.39, 0.29) is 30.7 Å². The molecule has 1 aromatic heterocycles. The van der Waals surface area contributed by atoms with Gasteiger partial charge in [-0.1, -0.05) is 12.1 Å². The lowest BCUT2D eigenvalue weighted by Gasteiger charge is -2.17. The summed E-state index contributed by atoms with van der Waals surface area (Å²) in [6.07, 6.45) is -3.45. The van der Waals surface area contributed by atoms with Crippen LogP contribution in [0, 0.1) is 0 Å². The van der Waals surface area contributed by atoms with Crippen LogP contribution in [-0.2, 0) is 11.0 Å². The van der Waals surface area contributed by atoms with Crippen molar-refractivity contribution in [3.05, 3.63) is 53.9 Å². The lowest BCUT2D eigenvalue weighted by atomic mass is 10.1. The highest BCUT2D eigenvalue weighted by molar-refractivity contribution is 5.96. The molecule has 1 fully saturated rings. The largest absolute Gasteiger partial charge is 0.493 e. The highest BCUT2D eigenvalue weighted by Crippen LogP contribution is 2.36. The first-order valence-electron chi connectivity index (χ1n) is 10.4. The number of hydrogen-bond acceptors (Lipinski definition) is 6. The average Bonchev–Trinajstić information content (AvgIpc) is 3.44. The number of ether oxygens (including phenoxy) is 2. The molecule has 1 unspecified atom stereocenters. The number of carbonyl (C=O) groups is 1. The topological polar surface area (TPSA) is 77.7 Å². The van der Waals surface area contributed by atoms with E-state index in [1.807, 2.05) is 6.92 Å². The van der Waals surface area contributed by atoms with Crippen LogP contribution in [-0.4, -0.2) is 36.3 Å². The molecular weight excluding hydrogens is 439 g/mol. The Morgan fingerprint density at radius 2 is 1.91 bits per heavy atom. The Hall–Kier alpha value is -3.56. The van der Waals surface area contributed by atoms with Crippen molar-refractivity contribution in [1.82, 2.24) is 10.1 Å². The van der Waals surface area contributed by atoms with Crippen LogP contribution in [0.25, 0.3) is 11.4 Å². The third kappa shape index (κ3) is 4.79. The average molecular weight is 461 g/mol. The van der Waals surface area contributed by atoms with E-state index in [2.05, 4.69) is 10.1 Å². The van der Waals surface area contributed by atoms with E-state index in [4.69, 9.17) is 14.0 Å². The first-order chi connectivity index (χ1) is 15.8. The molecule has 0 aliphatic carbocycles. The SMILES string of the molecule is CCCOc1ccc(-c2noc(C3CC(=O)N(c4ccc(C(F)(F)F)cc4)C3)n2)cc1OC. The van der Waals surface area contributed by atoms with E-state index in [1.54, 1.807) is 25.3 Å². The number of carbonyl (C=O) groups excluding carboxylic acids is 1. The zero-order valence-electron chi connectivity index (χ0n) is 18.1. The van der Waals surface area contributed by atoms with Crippen LogP contribution in [0.5, 0.6) is 11.5 Å². The highest BCUT2D eigenvalue weighted by Gasteiger charge is 2.36. The predicted octanol–water partition coefficient (Wildman–Crippen LogP) is 5.07. The first kappa shape index (κ1) is 22.6. The summed E-state index contributed by atoms with van der Waals surface area (Å²) >= 11 is 0. The van der Waals surface area contributed by atoms with Crippen molar-refractivity contribution < 1.29 is 32.0 Å². The zero-order valence-corrected chi connectivity index (χ0v) is 18.1. The van der Waals surface area contributed by atoms with Gasteiger partial charge in [0.15, 0.2) is 11.5 Å². The standard InChI is InChI=1S/C23H22F3N3O4/c1-3-10-32-18-9-4-14(11-19(18)31-2)21-27-22(33-28-21)15-12-20(30)29(13-15)17-7-5-16(6-8-17)23(24,25)26/h4-9,11,15H,3,10,12-13H2,1-2H3. The normalized spacial score (nSPS) is 16.3. The molecule has 0 N–H and O–H groups in total. The Labute approximate surface area is 188 Å². The van der Waals surface area contributed by atoms with Crippen LogP contribution in [0.4, 0.5) is 18.9 Å². The summed E-state index contributed by atoms with van der Waals surface area (Å²) in [5.41, 5.74) is 0.287. The molecule has 1 atom stereocenters. The number of halogens is 3. The molecule has 2 heterocycles. The number of nitrogens with zero attached hydrogens (tertiary/aromatic N) is 3. The van der Waals surface area contributed by atoms with Gasteiger partial charge in [-0.15, -0.1) is 0 Å². The molecule has 4 rings (SSSR count). The molecule has 174 valence electrons. The molecule has 1 saturated heterocycles. The maximum absolute atomic E-state index is 12.8. The lowest BCUT2D eigenvalue weighted by molar-refractivity contribution is -0.137. The highest BCUT2D eigenvalue weighted by atomic mass is 19.4. The van der Waals surface area contributed by atoms with Gasteiger partial charge in [0.05, 0.1) is 25.2 Å². The van der Waals surface area contributed by atoms with Gasteiger partial charge in [0, 0.05) is 24.2 Å². The fourth-order valence-corrected chi connectivity index (χ4v) is 3.61. The fraction of sp³-hybridized carbons (Fsp3) is 0.348. The van der Waals surface area contributed by atoms with Gasteiger partial charge in [-0.2, -0.15) is 18.2 Å². The molecule has 1 aliphatic rings. The lowest BCUT2D eigenvalue weighted by Crippen LogP contribution is -2.24. The Morgan fingerprint density at radius 1 is 1.15 bits per heavy atom. The smallest absolute Gasteiger partial charge is 0.416 e. The van der Waals surface area contributed by atoms with Crippen LogP contribution in [0.2, 0.25) is 0 Å². The van der Waals surface area contributed by atoms with Crippen molar-refractivity contribution in [3.8, 4) is 22.9 Å². The van der Waals surface area contributed by atoms with Crippen molar-refractivity contribution in [1.29, 1.82) is 0 Å². The number of aromatic nitrogens is 2. The van der Waals surface area contributed by atoms with Crippen molar-refractivity contribution in [2.45, 2.75) is 31.9 Å². The Morgan fingerprint density at radius 3 is 2.58 bits per heavy atom. The Kier molecular flexibility index (Phi) is 6.26. The molecule has 2 aromatic carbocycles. The number of methoxy groups -OCH3 is 1. The van der Waals surface area contributed by atoms with E-state index in [1.165, 1.54) is 17.0 Å². The van der Waals surface area contributed by atoms with Crippen molar-refractivity contribution in [2.24, 2.45) is 0 Å². The molecular formula is C23H22F3N3O4. The van der Waals surface area contributed by atoms with Crippen LogP contribution >= 0.6 is 0 Å². The van der Waals surface area contributed by atoms with Gasteiger partial charge in [-0.3, -0.25) is 4.79 Å². The monoisotopic (exact) mass is 461 g/mol. The minimum absolute atomic E-state index is 0.121. The quantitative estimate of drug-likeness (QED) is 0.489. The first-order valence-corrected chi connectivity index (χ1v) is 10.4. The Balaban J connectivity index is 1.50. The number of rotatable bonds is 7. The molecule has 10 heteroatoms. The van der Waals surface area contributed by atoms with Crippen LogP contribution in [0.15, 0.2) is 47.0 Å². The number of alkyl halides is 3. The second-order valence-corrected chi connectivity index (χ2v) is 7.62. The molecule has 0 saturated carbocycles. The van der Waals surface area contributed by atoms with Gasteiger partial charge in [0.1, 0.15) is 0 Å². The third-order valence-corrected chi connectivity index (χ3v) is 5.31. The summed E-state index contributed by atoms with van der Waals surface area (Å²) < 4.78 is 54.8.